The van der Waals surface area contributed by atoms with Crippen molar-refractivity contribution in [2.45, 2.75) is 77.3 Å². The van der Waals surface area contributed by atoms with Crippen LogP contribution >= 0.6 is 15.9 Å². The summed E-state index contributed by atoms with van der Waals surface area (Å²) in [6, 6.07) is 10.2. The molecular weight excluding hydrogens is 479 g/mol. The van der Waals surface area contributed by atoms with E-state index >= 15 is 0 Å². The van der Waals surface area contributed by atoms with Gasteiger partial charge in [0.1, 0.15) is 0 Å². The van der Waals surface area contributed by atoms with Crippen LogP contribution in [0.2, 0.25) is 0 Å². The predicted octanol–water partition coefficient (Wildman–Crippen LogP) is 8.79. The Labute approximate surface area is 198 Å². The normalized spacial score (nSPS) is 11.5. The molecule has 2 aromatic rings. The van der Waals surface area contributed by atoms with Crippen molar-refractivity contribution in [3.63, 3.8) is 0 Å². The highest BCUT2D eigenvalue weighted by Crippen LogP contribution is 2.33. The quantitative estimate of drug-likeness (QED) is 0.267. The SMILES string of the molecule is CCCCCCCCCCCCNC(=O)c1cc(Br)cc(-c2cccc(C(F)(F)F)c2)c1. The zero-order valence-corrected chi connectivity index (χ0v) is 20.3. The molecule has 2 nitrogen and oxygen atoms in total. The Bertz CT molecular complexity index is 851. The molecule has 0 aliphatic heterocycles. The van der Waals surface area contributed by atoms with Gasteiger partial charge in [-0.15, -0.1) is 0 Å². The fraction of sp³-hybridized carbons (Fsp3) is 0.500. The van der Waals surface area contributed by atoms with Crippen molar-refractivity contribution in [1.29, 1.82) is 0 Å². The first-order valence-corrected chi connectivity index (χ1v) is 12.4. The summed E-state index contributed by atoms with van der Waals surface area (Å²) in [5, 5.41) is 2.93. The minimum atomic E-state index is -4.41. The fourth-order valence-corrected chi connectivity index (χ4v) is 4.17. The first kappa shape index (κ1) is 26.4. The fourth-order valence-electron chi connectivity index (χ4n) is 3.68. The highest BCUT2D eigenvalue weighted by molar-refractivity contribution is 9.10. The third kappa shape index (κ3) is 9.35. The molecule has 0 spiro atoms. The monoisotopic (exact) mass is 511 g/mol. The van der Waals surface area contributed by atoms with Crippen LogP contribution in [0.15, 0.2) is 46.9 Å². The van der Waals surface area contributed by atoms with Crippen molar-refractivity contribution in [2.75, 3.05) is 6.54 Å². The molecule has 0 fully saturated rings. The molecule has 0 bridgehead atoms. The number of carbonyl (C=O) groups is 1. The van der Waals surface area contributed by atoms with E-state index < -0.39 is 11.7 Å². The highest BCUT2D eigenvalue weighted by atomic mass is 79.9. The molecule has 0 saturated carbocycles. The molecule has 0 heterocycles. The van der Waals surface area contributed by atoms with Crippen molar-refractivity contribution in [1.82, 2.24) is 5.32 Å². The van der Waals surface area contributed by atoms with Crippen LogP contribution in [0.5, 0.6) is 0 Å². The zero-order chi connectivity index (χ0) is 23.4. The summed E-state index contributed by atoms with van der Waals surface area (Å²) >= 11 is 3.37. The molecule has 0 saturated heterocycles. The number of amides is 1. The van der Waals surface area contributed by atoms with Crippen molar-refractivity contribution >= 4 is 21.8 Å². The Balaban J connectivity index is 1.81. The van der Waals surface area contributed by atoms with Crippen LogP contribution in [-0.2, 0) is 6.18 Å². The number of halogens is 4. The van der Waals surface area contributed by atoms with Gasteiger partial charge in [-0.1, -0.05) is 92.8 Å². The molecule has 2 rings (SSSR count). The highest BCUT2D eigenvalue weighted by Gasteiger charge is 2.30. The van der Waals surface area contributed by atoms with Gasteiger partial charge in [-0.05, 0) is 47.9 Å². The Morgan fingerprint density at radius 3 is 2.09 bits per heavy atom. The lowest BCUT2D eigenvalue weighted by atomic mass is 10.0. The van der Waals surface area contributed by atoms with E-state index in [1.165, 1.54) is 57.4 Å². The van der Waals surface area contributed by atoms with Crippen molar-refractivity contribution in [3.05, 3.63) is 58.1 Å². The lowest BCUT2D eigenvalue weighted by molar-refractivity contribution is -0.137. The molecule has 1 N–H and O–H groups in total. The maximum atomic E-state index is 13.0. The van der Waals surface area contributed by atoms with Gasteiger partial charge in [0.15, 0.2) is 0 Å². The second-order valence-electron chi connectivity index (χ2n) is 8.25. The minimum absolute atomic E-state index is 0.213. The van der Waals surface area contributed by atoms with Crippen LogP contribution in [-0.4, -0.2) is 12.5 Å². The van der Waals surface area contributed by atoms with Gasteiger partial charge >= 0.3 is 6.18 Å². The minimum Gasteiger partial charge on any atom is -0.352 e. The summed E-state index contributed by atoms with van der Waals surface area (Å²) in [6.07, 6.45) is 7.91. The number of unbranched alkanes of at least 4 members (excludes halogenated alkanes) is 9. The van der Waals surface area contributed by atoms with Gasteiger partial charge in [-0.2, -0.15) is 13.2 Å². The molecule has 176 valence electrons. The third-order valence-electron chi connectivity index (χ3n) is 5.50. The maximum absolute atomic E-state index is 13.0. The molecule has 0 radical (unpaired) electrons. The maximum Gasteiger partial charge on any atom is 0.416 e. The Morgan fingerprint density at radius 2 is 1.47 bits per heavy atom. The van der Waals surface area contributed by atoms with Gasteiger partial charge in [-0.3, -0.25) is 4.79 Å². The molecule has 0 aromatic heterocycles. The van der Waals surface area contributed by atoms with E-state index in [1.54, 1.807) is 24.3 Å². The van der Waals surface area contributed by atoms with Crippen LogP contribution in [0.1, 0.15) is 87.1 Å². The van der Waals surface area contributed by atoms with Gasteiger partial charge < -0.3 is 5.32 Å². The van der Waals surface area contributed by atoms with Crippen molar-refractivity contribution in [3.8, 4) is 11.1 Å². The van der Waals surface area contributed by atoms with Gasteiger partial charge in [0.2, 0.25) is 0 Å². The summed E-state index contributed by atoms with van der Waals surface area (Å²) in [5.41, 5.74) is 0.709. The van der Waals surface area contributed by atoms with Crippen molar-refractivity contribution in [2.24, 2.45) is 0 Å². The van der Waals surface area contributed by atoms with Gasteiger partial charge in [0.05, 0.1) is 5.56 Å². The molecule has 0 unspecified atom stereocenters. The summed E-state index contributed by atoms with van der Waals surface area (Å²) < 4.78 is 39.7. The molecule has 6 heteroatoms. The second-order valence-corrected chi connectivity index (χ2v) is 9.16. The average Bonchev–Trinajstić information content (AvgIpc) is 2.76. The van der Waals surface area contributed by atoms with Crippen molar-refractivity contribution < 1.29 is 18.0 Å². The number of nitrogens with one attached hydrogen (secondary N) is 1. The lowest BCUT2D eigenvalue weighted by Crippen LogP contribution is -2.24. The Hall–Kier alpha value is -1.82. The standard InChI is InChI=1S/C26H33BrF3NO/c1-2-3-4-5-6-7-8-9-10-11-15-31-25(32)22-16-21(18-24(27)19-22)20-13-12-14-23(17-20)26(28,29)30/h12-14,16-19H,2-11,15H2,1H3,(H,31,32). The molecule has 1 amide bonds. The van der Waals surface area contributed by atoms with Crippen LogP contribution in [0.4, 0.5) is 13.2 Å². The number of benzene rings is 2. The van der Waals surface area contributed by atoms with E-state index in [0.29, 0.717) is 27.7 Å². The molecule has 2 aromatic carbocycles. The first-order valence-electron chi connectivity index (χ1n) is 11.6. The zero-order valence-electron chi connectivity index (χ0n) is 18.7. The largest absolute Gasteiger partial charge is 0.416 e. The summed E-state index contributed by atoms with van der Waals surface area (Å²) in [6.45, 7) is 2.82. The Kier molecular flexibility index (Phi) is 11.3. The smallest absolute Gasteiger partial charge is 0.352 e. The third-order valence-corrected chi connectivity index (χ3v) is 5.96. The van der Waals surface area contributed by atoms with E-state index in [9.17, 15) is 18.0 Å². The van der Waals surface area contributed by atoms with Gasteiger partial charge in [0, 0.05) is 16.6 Å². The summed E-state index contributed by atoms with van der Waals surface area (Å²) in [5.74, 6) is -0.213. The summed E-state index contributed by atoms with van der Waals surface area (Å²) in [4.78, 5) is 12.6. The average molecular weight is 512 g/mol. The second kappa shape index (κ2) is 13.7. The van der Waals surface area contributed by atoms with E-state index in [4.69, 9.17) is 0 Å². The predicted molar refractivity (Wildman–Crippen MR) is 129 cm³/mol. The van der Waals surface area contributed by atoms with E-state index in [1.807, 2.05) is 0 Å². The molecular formula is C26H33BrF3NO. The number of alkyl halides is 3. The van der Waals surface area contributed by atoms with E-state index in [0.717, 1.165) is 25.0 Å². The lowest BCUT2D eigenvalue weighted by Gasteiger charge is -2.11. The number of rotatable bonds is 13. The van der Waals surface area contributed by atoms with Crippen LogP contribution < -0.4 is 5.32 Å². The van der Waals surface area contributed by atoms with Crippen LogP contribution in [0, 0.1) is 0 Å². The van der Waals surface area contributed by atoms with Crippen LogP contribution in [0.25, 0.3) is 11.1 Å². The molecule has 0 atom stereocenters. The molecule has 0 aliphatic carbocycles. The Morgan fingerprint density at radius 1 is 0.844 bits per heavy atom. The number of hydrogen-bond donors (Lipinski definition) is 1. The topological polar surface area (TPSA) is 29.1 Å². The van der Waals surface area contributed by atoms with Crippen LogP contribution in [0.3, 0.4) is 0 Å². The number of carbonyl (C=O) groups excluding carboxylic acids is 1. The van der Waals surface area contributed by atoms with E-state index in [-0.39, 0.29) is 5.91 Å². The molecule has 32 heavy (non-hydrogen) atoms. The van der Waals surface area contributed by atoms with E-state index in [2.05, 4.69) is 28.2 Å². The summed E-state index contributed by atoms with van der Waals surface area (Å²) in [7, 11) is 0. The number of hydrogen-bond acceptors (Lipinski definition) is 1. The molecule has 0 aliphatic rings. The first-order chi connectivity index (χ1) is 15.3. The van der Waals surface area contributed by atoms with Gasteiger partial charge in [0.25, 0.3) is 5.91 Å². The van der Waals surface area contributed by atoms with Gasteiger partial charge in [-0.25, -0.2) is 0 Å².